The number of hydrogen-bond donors (Lipinski definition) is 0. The van der Waals surface area contributed by atoms with Crippen LogP contribution < -0.4 is 0 Å². The topological polar surface area (TPSA) is 9.23 Å². The predicted molar refractivity (Wildman–Crippen MR) is 55.7 cm³/mol. The minimum absolute atomic E-state index is 0.0822. The predicted octanol–water partition coefficient (Wildman–Crippen LogP) is 3.28. The van der Waals surface area contributed by atoms with E-state index in [9.17, 15) is 0 Å². The second-order valence-electron chi connectivity index (χ2n) is 4.23. The molecule has 1 fully saturated rings. The average molecular weight is 233 g/mol. The van der Waals surface area contributed by atoms with Crippen LogP contribution in [0.3, 0.4) is 0 Å². The first-order chi connectivity index (χ1) is 5.40. The Morgan fingerprint density at radius 3 is 2.50 bits per heavy atom. The molecule has 1 aliphatic rings. The van der Waals surface area contributed by atoms with Crippen LogP contribution in [-0.4, -0.2) is 16.0 Å². The van der Waals surface area contributed by atoms with E-state index in [2.05, 4.69) is 43.3 Å². The number of hydrogen-bond acceptors (Lipinski definition) is 1. The molecule has 0 aromatic rings. The van der Waals surface area contributed by atoms with Gasteiger partial charge in [0, 0.05) is 4.83 Å². The monoisotopic (exact) mass is 232 g/mol. The molecule has 2 unspecified atom stereocenters. The van der Waals surface area contributed by atoms with Crippen LogP contribution in [0.25, 0.3) is 0 Å². The Labute approximate surface area is 83.3 Å². The Bertz CT molecular complexity index is 188. The lowest BCUT2D eigenvalue weighted by Crippen LogP contribution is -2.48. The summed E-state index contributed by atoms with van der Waals surface area (Å²) in [6.45, 7) is 10.1. The van der Waals surface area contributed by atoms with Crippen molar-refractivity contribution in [1.29, 1.82) is 0 Å². The first-order valence-electron chi connectivity index (χ1n) is 4.37. The summed E-state index contributed by atoms with van der Waals surface area (Å²) in [4.78, 5) is 0.457. The van der Waals surface area contributed by atoms with E-state index in [0.29, 0.717) is 4.83 Å². The molecule has 2 heteroatoms. The van der Waals surface area contributed by atoms with Gasteiger partial charge in [-0.15, -0.1) is 6.58 Å². The maximum atomic E-state index is 5.96. The molecule has 0 N–H and O–H groups in total. The highest BCUT2D eigenvalue weighted by Gasteiger charge is 2.40. The van der Waals surface area contributed by atoms with Crippen LogP contribution in [0.15, 0.2) is 12.7 Å². The Kier molecular flexibility index (Phi) is 2.69. The Morgan fingerprint density at radius 1 is 1.50 bits per heavy atom. The molecule has 0 saturated carbocycles. The van der Waals surface area contributed by atoms with Gasteiger partial charge >= 0.3 is 0 Å². The number of ether oxygens (including phenoxy) is 1. The van der Waals surface area contributed by atoms with Crippen LogP contribution in [0, 0.1) is 0 Å². The van der Waals surface area contributed by atoms with Crippen LogP contribution in [0.5, 0.6) is 0 Å². The third kappa shape index (κ3) is 1.91. The summed E-state index contributed by atoms with van der Waals surface area (Å²) in [5.74, 6) is 0. The van der Waals surface area contributed by atoms with Gasteiger partial charge in [0.05, 0.1) is 11.2 Å². The highest BCUT2D eigenvalue weighted by atomic mass is 79.9. The molecule has 0 aromatic carbocycles. The zero-order chi connectivity index (χ0) is 9.41. The fourth-order valence-corrected chi connectivity index (χ4v) is 1.94. The van der Waals surface area contributed by atoms with Crippen LogP contribution in [0.2, 0.25) is 0 Å². The van der Waals surface area contributed by atoms with E-state index in [0.717, 1.165) is 12.8 Å². The zero-order valence-electron chi connectivity index (χ0n) is 8.06. The van der Waals surface area contributed by atoms with Gasteiger partial charge in [0.25, 0.3) is 0 Å². The SMILES string of the molecule is C=CC1(C)CCC(Br)C(C)(C)O1. The second kappa shape index (κ2) is 3.15. The fraction of sp³-hybridized carbons (Fsp3) is 0.800. The first kappa shape index (κ1) is 10.3. The molecular formula is C10H17BrO. The van der Waals surface area contributed by atoms with Crippen LogP contribution in [0.1, 0.15) is 33.6 Å². The van der Waals surface area contributed by atoms with E-state index in [1.54, 1.807) is 0 Å². The summed E-state index contributed by atoms with van der Waals surface area (Å²) in [5, 5.41) is 0. The van der Waals surface area contributed by atoms with Gasteiger partial charge in [-0.3, -0.25) is 0 Å². The van der Waals surface area contributed by atoms with Gasteiger partial charge in [0.1, 0.15) is 0 Å². The fourth-order valence-electron chi connectivity index (χ4n) is 1.62. The normalized spacial score (nSPS) is 40.8. The van der Waals surface area contributed by atoms with E-state index < -0.39 is 0 Å². The Morgan fingerprint density at radius 2 is 2.08 bits per heavy atom. The zero-order valence-corrected chi connectivity index (χ0v) is 9.65. The highest BCUT2D eigenvalue weighted by molar-refractivity contribution is 9.09. The lowest BCUT2D eigenvalue weighted by molar-refractivity contribution is -0.134. The number of rotatable bonds is 1. The number of alkyl halides is 1. The van der Waals surface area contributed by atoms with Crippen molar-refractivity contribution in [2.24, 2.45) is 0 Å². The molecule has 0 spiro atoms. The van der Waals surface area contributed by atoms with Crippen molar-refractivity contribution in [2.75, 3.05) is 0 Å². The lowest BCUT2D eigenvalue weighted by atomic mass is 9.88. The minimum Gasteiger partial charge on any atom is -0.364 e. The van der Waals surface area contributed by atoms with Gasteiger partial charge in [0.2, 0.25) is 0 Å². The maximum Gasteiger partial charge on any atom is 0.0840 e. The molecule has 0 bridgehead atoms. The van der Waals surface area contributed by atoms with E-state index in [1.165, 1.54) is 0 Å². The molecule has 12 heavy (non-hydrogen) atoms. The summed E-state index contributed by atoms with van der Waals surface area (Å²) in [5.41, 5.74) is -0.213. The van der Waals surface area contributed by atoms with Crippen LogP contribution in [0.4, 0.5) is 0 Å². The van der Waals surface area contributed by atoms with Crippen LogP contribution >= 0.6 is 15.9 Å². The van der Waals surface area contributed by atoms with Gasteiger partial charge < -0.3 is 4.74 Å². The smallest absolute Gasteiger partial charge is 0.0840 e. The molecule has 1 rings (SSSR count). The van der Waals surface area contributed by atoms with E-state index >= 15 is 0 Å². The molecule has 0 aliphatic carbocycles. The van der Waals surface area contributed by atoms with Crippen molar-refractivity contribution in [2.45, 2.75) is 49.6 Å². The molecule has 0 radical (unpaired) electrons. The Balaban J connectivity index is 2.75. The van der Waals surface area contributed by atoms with Crippen molar-refractivity contribution in [3.63, 3.8) is 0 Å². The maximum absolute atomic E-state index is 5.96. The molecule has 0 amide bonds. The second-order valence-corrected chi connectivity index (χ2v) is 5.33. The third-order valence-corrected chi connectivity index (χ3v) is 4.14. The van der Waals surface area contributed by atoms with Gasteiger partial charge in [-0.2, -0.15) is 0 Å². The van der Waals surface area contributed by atoms with E-state index in [4.69, 9.17) is 4.74 Å². The van der Waals surface area contributed by atoms with Crippen molar-refractivity contribution >= 4 is 15.9 Å². The van der Waals surface area contributed by atoms with Crippen molar-refractivity contribution < 1.29 is 4.74 Å². The summed E-state index contributed by atoms with van der Waals surface area (Å²) < 4.78 is 5.96. The van der Waals surface area contributed by atoms with Gasteiger partial charge in [-0.05, 0) is 33.6 Å². The first-order valence-corrected chi connectivity index (χ1v) is 5.29. The lowest BCUT2D eigenvalue weighted by Gasteiger charge is -2.44. The van der Waals surface area contributed by atoms with E-state index in [-0.39, 0.29) is 11.2 Å². The van der Waals surface area contributed by atoms with Crippen LogP contribution in [-0.2, 0) is 4.74 Å². The summed E-state index contributed by atoms with van der Waals surface area (Å²) >= 11 is 3.63. The van der Waals surface area contributed by atoms with Crippen molar-refractivity contribution in [3.05, 3.63) is 12.7 Å². The molecule has 2 atom stereocenters. The molecular weight excluding hydrogens is 216 g/mol. The van der Waals surface area contributed by atoms with Gasteiger partial charge in [-0.1, -0.05) is 22.0 Å². The molecule has 1 saturated heterocycles. The average Bonchev–Trinajstić information content (AvgIpc) is 1.97. The summed E-state index contributed by atoms with van der Waals surface area (Å²) in [7, 11) is 0. The standard InChI is InChI=1S/C10H17BrO/c1-5-10(4)7-6-8(11)9(2,3)12-10/h5,8H,1,6-7H2,2-4H3. The third-order valence-electron chi connectivity index (χ3n) is 2.58. The van der Waals surface area contributed by atoms with Crippen molar-refractivity contribution in [1.82, 2.24) is 0 Å². The highest BCUT2D eigenvalue weighted by Crippen LogP contribution is 2.39. The van der Waals surface area contributed by atoms with Gasteiger partial charge in [-0.25, -0.2) is 0 Å². The van der Waals surface area contributed by atoms with Crippen molar-refractivity contribution in [3.8, 4) is 0 Å². The van der Waals surface area contributed by atoms with E-state index in [1.807, 2.05) is 6.08 Å². The summed E-state index contributed by atoms with van der Waals surface area (Å²) in [6.07, 6.45) is 4.11. The quantitative estimate of drug-likeness (QED) is 0.498. The largest absolute Gasteiger partial charge is 0.364 e. The van der Waals surface area contributed by atoms with Gasteiger partial charge in [0.15, 0.2) is 0 Å². The molecule has 0 aromatic heterocycles. The minimum atomic E-state index is -0.131. The molecule has 70 valence electrons. The molecule has 1 nitrogen and oxygen atoms in total. The number of halogens is 1. The molecule has 1 aliphatic heterocycles. The summed E-state index contributed by atoms with van der Waals surface area (Å²) in [6, 6.07) is 0. The Hall–Kier alpha value is 0.180. The molecule has 1 heterocycles.